The molecule has 2 aromatic rings. The van der Waals surface area contributed by atoms with Crippen molar-refractivity contribution >= 4 is 23.1 Å². The quantitative estimate of drug-likeness (QED) is 0.483. The van der Waals surface area contributed by atoms with E-state index < -0.39 is 34.9 Å². The molecule has 0 spiro atoms. The molecule has 140 valence electrons. The Hall–Kier alpha value is -2.59. The number of halogens is 1. The summed E-state index contributed by atoms with van der Waals surface area (Å²) < 4.78 is 29.2. The zero-order chi connectivity index (χ0) is 19.3. The molecule has 0 saturated carbocycles. The van der Waals surface area contributed by atoms with Gasteiger partial charge in [-0.3, -0.25) is 9.89 Å². The van der Waals surface area contributed by atoms with Crippen molar-refractivity contribution in [1.82, 2.24) is 15.5 Å². The smallest absolute Gasteiger partial charge is 0.328 e. The highest BCUT2D eigenvalue weighted by molar-refractivity contribution is 7.90. The number of nitrogens with zero attached hydrogens (tertiary/aromatic N) is 1. The Morgan fingerprint density at radius 3 is 2.85 bits per heavy atom. The number of phenolic OH excluding ortho intramolecular Hbond substituents is 1. The van der Waals surface area contributed by atoms with E-state index in [1.54, 1.807) is 0 Å². The molecule has 1 aromatic carbocycles. The van der Waals surface area contributed by atoms with Crippen LogP contribution in [0.15, 0.2) is 24.3 Å². The average Bonchev–Trinajstić information content (AvgIpc) is 3.09. The van der Waals surface area contributed by atoms with Crippen molar-refractivity contribution in [3.8, 4) is 17.0 Å². The minimum absolute atomic E-state index is 0.00943. The third-order valence-corrected chi connectivity index (χ3v) is 4.35. The molecule has 8 nitrogen and oxygen atoms in total. The van der Waals surface area contributed by atoms with Crippen LogP contribution in [0.3, 0.4) is 0 Å². The fraction of sp³-hybridized carbons (Fsp3) is 0.312. The van der Waals surface area contributed by atoms with E-state index in [1.165, 1.54) is 25.5 Å². The topological polar surface area (TPSA) is 127 Å². The largest absolute Gasteiger partial charge is 0.617 e. The summed E-state index contributed by atoms with van der Waals surface area (Å²) in [5.74, 6) is -1.85. The van der Waals surface area contributed by atoms with E-state index in [0.29, 0.717) is 0 Å². The van der Waals surface area contributed by atoms with Gasteiger partial charge in [0, 0.05) is 12.0 Å². The number of H-pyrrole nitrogens is 1. The lowest BCUT2D eigenvalue weighted by molar-refractivity contribution is -0.142. The fourth-order valence-corrected chi connectivity index (χ4v) is 2.77. The highest BCUT2D eigenvalue weighted by Gasteiger charge is 2.24. The summed E-state index contributed by atoms with van der Waals surface area (Å²) in [5.41, 5.74) is 0.290. The normalized spacial score (nSPS) is 13.1. The van der Waals surface area contributed by atoms with Crippen LogP contribution in [0.1, 0.15) is 16.9 Å². The van der Waals surface area contributed by atoms with E-state index in [-0.39, 0.29) is 34.9 Å². The molecule has 10 heteroatoms. The standard InChI is InChI=1S/C16H18FN3O5S/c1-25-16(23)11(5-6-26(2)24)18-15(22)13-8-12(19-20-13)10-7-9(17)3-4-14(10)21/h3-4,7-8,11,21H,5-6H2,1-2H3,(H,18,22)(H,19,20). The molecule has 2 unspecified atom stereocenters. The first kappa shape index (κ1) is 19.7. The minimum atomic E-state index is -1.13. The van der Waals surface area contributed by atoms with Crippen molar-refractivity contribution in [2.45, 2.75) is 12.5 Å². The lowest BCUT2D eigenvalue weighted by atomic mass is 10.1. The Morgan fingerprint density at radius 1 is 1.46 bits per heavy atom. The first-order chi connectivity index (χ1) is 12.3. The second-order valence-corrected chi connectivity index (χ2v) is 7.00. The molecule has 1 amide bonds. The van der Waals surface area contributed by atoms with Crippen molar-refractivity contribution in [2.75, 3.05) is 19.1 Å². The zero-order valence-electron chi connectivity index (χ0n) is 14.1. The fourth-order valence-electron chi connectivity index (χ4n) is 2.20. The zero-order valence-corrected chi connectivity index (χ0v) is 14.9. The highest BCUT2D eigenvalue weighted by Crippen LogP contribution is 2.28. The van der Waals surface area contributed by atoms with E-state index >= 15 is 0 Å². The third kappa shape index (κ3) is 4.96. The number of phenols is 1. The van der Waals surface area contributed by atoms with Gasteiger partial charge in [-0.05, 0) is 24.3 Å². The van der Waals surface area contributed by atoms with Gasteiger partial charge in [-0.15, -0.1) is 0 Å². The SMILES string of the molecule is COC(=O)C(CC[S+](C)[O-])NC(=O)c1cc(-c2cc(F)ccc2O)n[nH]1. The number of rotatable bonds is 7. The van der Waals surface area contributed by atoms with E-state index in [1.807, 2.05) is 0 Å². The van der Waals surface area contributed by atoms with Gasteiger partial charge in [0.15, 0.2) is 0 Å². The first-order valence-electron chi connectivity index (χ1n) is 7.54. The predicted molar refractivity (Wildman–Crippen MR) is 92.5 cm³/mol. The van der Waals surface area contributed by atoms with Crippen molar-refractivity contribution in [1.29, 1.82) is 0 Å². The molecule has 0 aliphatic carbocycles. The molecule has 0 radical (unpaired) electrons. The van der Waals surface area contributed by atoms with Gasteiger partial charge in [0.25, 0.3) is 5.91 Å². The Labute approximate surface area is 151 Å². The van der Waals surface area contributed by atoms with Gasteiger partial charge < -0.3 is 19.7 Å². The van der Waals surface area contributed by atoms with Crippen molar-refractivity contribution < 1.29 is 28.4 Å². The summed E-state index contributed by atoms with van der Waals surface area (Å²) in [6.45, 7) is 0. The minimum Gasteiger partial charge on any atom is -0.617 e. The number of carbonyl (C=O) groups excluding carboxylic acids is 2. The van der Waals surface area contributed by atoms with Gasteiger partial charge in [-0.2, -0.15) is 5.10 Å². The number of aromatic nitrogens is 2. The molecule has 1 heterocycles. The molecule has 3 N–H and O–H groups in total. The molecule has 0 bridgehead atoms. The van der Waals surface area contributed by atoms with Gasteiger partial charge in [0.1, 0.15) is 29.1 Å². The first-order valence-corrected chi connectivity index (χ1v) is 9.27. The van der Waals surface area contributed by atoms with Crippen LogP contribution in [0, 0.1) is 5.82 Å². The Morgan fingerprint density at radius 2 is 2.19 bits per heavy atom. The van der Waals surface area contributed by atoms with Crippen molar-refractivity contribution in [2.24, 2.45) is 0 Å². The van der Waals surface area contributed by atoms with Gasteiger partial charge >= 0.3 is 5.97 Å². The number of amides is 1. The number of hydrogen-bond donors (Lipinski definition) is 3. The van der Waals surface area contributed by atoms with Crippen LogP contribution in [-0.4, -0.2) is 56.9 Å². The summed E-state index contributed by atoms with van der Waals surface area (Å²) in [6, 6.07) is 3.71. The van der Waals surface area contributed by atoms with Crippen LogP contribution in [0.4, 0.5) is 4.39 Å². The van der Waals surface area contributed by atoms with E-state index in [2.05, 4.69) is 20.3 Å². The molecule has 2 rings (SSSR count). The highest BCUT2D eigenvalue weighted by atomic mass is 32.2. The molecule has 1 aromatic heterocycles. The Kier molecular flexibility index (Phi) is 6.58. The summed E-state index contributed by atoms with van der Waals surface area (Å²) in [5, 5.41) is 18.6. The molecule has 0 saturated heterocycles. The third-order valence-electron chi connectivity index (χ3n) is 3.54. The van der Waals surface area contributed by atoms with Gasteiger partial charge in [-0.1, -0.05) is 11.2 Å². The number of aromatic hydroxyl groups is 1. The second kappa shape index (κ2) is 8.68. The Balaban J connectivity index is 2.15. The maximum Gasteiger partial charge on any atom is 0.328 e. The lowest BCUT2D eigenvalue weighted by Gasteiger charge is -2.16. The molecule has 0 fully saturated rings. The maximum absolute atomic E-state index is 13.3. The summed E-state index contributed by atoms with van der Waals surface area (Å²) >= 11 is -1.13. The number of benzene rings is 1. The predicted octanol–water partition coefficient (Wildman–Crippen LogP) is 0.961. The molecular formula is C16H18FN3O5S. The number of hydrogen-bond acceptors (Lipinski definition) is 6. The number of aromatic amines is 1. The maximum atomic E-state index is 13.3. The second-order valence-electron chi connectivity index (χ2n) is 5.44. The number of ether oxygens (including phenoxy) is 1. The van der Waals surface area contributed by atoms with Gasteiger partial charge in [-0.25, -0.2) is 9.18 Å². The number of nitrogens with one attached hydrogen (secondary N) is 2. The average molecular weight is 383 g/mol. The molecule has 2 atom stereocenters. The summed E-state index contributed by atoms with van der Waals surface area (Å²) in [7, 11) is 1.19. The van der Waals surface area contributed by atoms with E-state index in [4.69, 9.17) is 0 Å². The van der Waals surface area contributed by atoms with Crippen LogP contribution in [0.5, 0.6) is 5.75 Å². The van der Waals surface area contributed by atoms with E-state index in [0.717, 1.165) is 12.1 Å². The number of esters is 1. The summed E-state index contributed by atoms with van der Waals surface area (Å²) in [4.78, 5) is 24.1. The summed E-state index contributed by atoms with van der Waals surface area (Å²) in [6.07, 6.45) is 1.63. The van der Waals surface area contributed by atoms with Gasteiger partial charge in [0.05, 0.1) is 19.1 Å². The van der Waals surface area contributed by atoms with Crippen LogP contribution < -0.4 is 5.32 Å². The Bertz CT molecular complexity index is 796. The molecular weight excluding hydrogens is 365 g/mol. The molecule has 26 heavy (non-hydrogen) atoms. The van der Waals surface area contributed by atoms with Gasteiger partial charge in [0.2, 0.25) is 0 Å². The number of methoxy groups -OCH3 is 1. The lowest BCUT2D eigenvalue weighted by Crippen LogP contribution is -2.42. The van der Waals surface area contributed by atoms with Crippen LogP contribution in [-0.2, 0) is 20.7 Å². The van der Waals surface area contributed by atoms with Crippen molar-refractivity contribution in [3.05, 3.63) is 35.8 Å². The monoisotopic (exact) mass is 383 g/mol. The van der Waals surface area contributed by atoms with Crippen LogP contribution in [0.25, 0.3) is 11.3 Å². The molecule has 0 aliphatic rings. The molecule has 0 aliphatic heterocycles. The number of carbonyl (C=O) groups is 2. The van der Waals surface area contributed by atoms with Crippen LogP contribution in [0.2, 0.25) is 0 Å². The van der Waals surface area contributed by atoms with Crippen LogP contribution >= 0.6 is 0 Å². The van der Waals surface area contributed by atoms with E-state index in [9.17, 15) is 23.6 Å². The van der Waals surface area contributed by atoms with Crippen molar-refractivity contribution in [3.63, 3.8) is 0 Å².